The fraction of sp³-hybridized carbons (Fsp3) is 0.360. The van der Waals surface area contributed by atoms with E-state index in [2.05, 4.69) is 6.92 Å². The molecule has 0 fully saturated rings. The molecule has 0 radical (unpaired) electrons. The number of anilines is 1. The second-order valence-corrected chi connectivity index (χ2v) is 8.76. The highest BCUT2D eigenvalue weighted by Crippen LogP contribution is 2.42. The van der Waals surface area contributed by atoms with E-state index in [0.717, 1.165) is 27.8 Å². The number of hydrogen-bond donors (Lipinski definition) is 1. The number of carboxylic acid groups (broad SMARTS) is 1. The summed E-state index contributed by atoms with van der Waals surface area (Å²) in [6.07, 6.45) is 2.01. The molecule has 2 aromatic carbocycles. The summed E-state index contributed by atoms with van der Waals surface area (Å²) in [7, 11) is 0. The Morgan fingerprint density at radius 2 is 1.77 bits per heavy atom. The van der Waals surface area contributed by atoms with E-state index in [-0.39, 0.29) is 18.5 Å². The minimum Gasteiger partial charge on any atom is -0.480 e. The number of para-hydroxylation sites is 2. The Balaban J connectivity index is 1.76. The molecule has 1 amide bonds. The molecule has 0 bridgehead atoms. The van der Waals surface area contributed by atoms with Gasteiger partial charge in [0.2, 0.25) is 5.91 Å². The number of aromatic nitrogens is 1. The molecular weight excluding hydrogens is 376 g/mol. The molecule has 0 aliphatic heterocycles. The average Bonchev–Trinajstić information content (AvgIpc) is 3.01. The molecule has 5 nitrogen and oxygen atoms in total. The van der Waals surface area contributed by atoms with Gasteiger partial charge in [0.1, 0.15) is 6.54 Å². The van der Waals surface area contributed by atoms with Crippen LogP contribution in [0, 0.1) is 5.41 Å². The quantitative estimate of drug-likeness (QED) is 0.673. The van der Waals surface area contributed by atoms with Gasteiger partial charge < -0.3 is 14.6 Å². The normalized spacial score (nSPS) is 18.4. The lowest BCUT2D eigenvalue weighted by Crippen LogP contribution is -2.48. The van der Waals surface area contributed by atoms with Gasteiger partial charge >= 0.3 is 5.97 Å². The van der Waals surface area contributed by atoms with Crippen LogP contribution in [0.25, 0.3) is 10.9 Å². The fourth-order valence-corrected chi connectivity index (χ4v) is 4.81. The Kier molecular flexibility index (Phi) is 5.14. The van der Waals surface area contributed by atoms with E-state index in [9.17, 15) is 14.7 Å². The summed E-state index contributed by atoms with van der Waals surface area (Å²) < 4.78 is 1.91. The zero-order chi connectivity index (χ0) is 21.5. The summed E-state index contributed by atoms with van der Waals surface area (Å²) in [6.45, 7) is 6.09. The number of carbonyl (C=O) groups is 2. The molecule has 1 aliphatic rings. The van der Waals surface area contributed by atoms with E-state index in [4.69, 9.17) is 0 Å². The predicted molar refractivity (Wildman–Crippen MR) is 119 cm³/mol. The first-order chi connectivity index (χ1) is 14.3. The minimum atomic E-state index is -0.849. The summed E-state index contributed by atoms with van der Waals surface area (Å²) >= 11 is 0. The molecule has 1 atom stereocenters. The van der Waals surface area contributed by atoms with Crippen LogP contribution in [-0.2, 0) is 29.0 Å². The third kappa shape index (κ3) is 3.38. The van der Waals surface area contributed by atoms with Gasteiger partial charge in [-0.05, 0) is 56.9 Å². The Morgan fingerprint density at radius 1 is 1.10 bits per heavy atom. The van der Waals surface area contributed by atoms with Gasteiger partial charge in [0.05, 0.1) is 5.41 Å². The number of fused-ring (bicyclic) bond motifs is 3. The van der Waals surface area contributed by atoms with Crippen LogP contribution in [0.1, 0.15) is 38.4 Å². The van der Waals surface area contributed by atoms with Gasteiger partial charge in [-0.3, -0.25) is 9.59 Å². The number of amides is 1. The van der Waals surface area contributed by atoms with Gasteiger partial charge in [-0.2, -0.15) is 0 Å². The Labute approximate surface area is 176 Å². The zero-order valence-corrected chi connectivity index (χ0v) is 17.8. The van der Waals surface area contributed by atoms with E-state index in [1.807, 2.05) is 77.9 Å². The van der Waals surface area contributed by atoms with Gasteiger partial charge in [0.25, 0.3) is 0 Å². The first-order valence-electron chi connectivity index (χ1n) is 10.5. The third-order valence-corrected chi connectivity index (χ3v) is 6.25. The molecule has 1 aliphatic carbocycles. The number of rotatable bonds is 5. The number of hydrogen-bond acceptors (Lipinski definition) is 2. The lowest BCUT2D eigenvalue weighted by molar-refractivity contribution is -0.137. The Morgan fingerprint density at radius 3 is 2.43 bits per heavy atom. The number of benzene rings is 2. The lowest BCUT2D eigenvalue weighted by Gasteiger charge is -2.39. The van der Waals surface area contributed by atoms with Crippen molar-refractivity contribution in [2.24, 2.45) is 5.41 Å². The van der Waals surface area contributed by atoms with Gasteiger partial charge in [0, 0.05) is 28.3 Å². The molecule has 1 unspecified atom stereocenters. The van der Waals surface area contributed by atoms with Crippen LogP contribution in [0.5, 0.6) is 0 Å². The third-order valence-electron chi connectivity index (χ3n) is 6.25. The molecule has 3 aromatic rings. The van der Waals surface area contributed by atoms with Crippen LogP contribution < -0.4 is 4.90 Å². The van der Waals surface area contributed by atoms with Gasteiger partial charge in [0.15, 0.2) is 0 Å². The molecule has 1 heterocycles. The SMILES string of the molecule is CC(C)N(C(=O)C1(C)CCc2c(c3ccccc3n2CC(=O)O)C1)c1ccccc1. The Bertz CT molecular complexity index is 1100. The Hall–Kier alpha value is -3.08. The second kappa shape index (κ2) is 7.63. The summed E-state index contributed by atoms with van der Waals surface area (Å²) in [4.78, 5) is 27.2. The number of carbonyl (C=O) groups excluding carboxylic acids is 1. The molecule has 0 spiro atoms. The van der Waals surface area contributed by atoms with Crippen LogP contribution in [0.3, 0.4) is 0 Å². The van der Waals surface area contributed by atoms with Crippen LogP contribution in [0.15, 0.2) is 54.6 Å². The van der Waals surface area contributed by atoms with Crippen LogP contribution in [-0.4, -0.2) is 27.6 Å². The van der Waals surface area contributed by atoms with E-state index in [1.54, 1.807) is 0 Å². The van der Waals surface area contributed by atoms with Crippen LogP contribution in [0.2, 0.25) is 0 Å². The summed E-state index contributed by atoms with van der Waals surface area (Å²) in [5.41, 5.74) is 3.49. The molecule has 4 rings (SSSR count). The van der Waals surface area contributed by atoms with Gasteiger partial charge in [-0.1, -0.05) is 43.3 Å². The first-order valence-corrected chi connectivity index (χ1v) is 10.5. The highest BCUT2D eigenvalue weighted by atomic mass is 16.4. The highest BCUT2D eigenvalue weighted by molar-refractivity contribution is 5.99. The van der Waals surface area contributed by atoms with E-state index < -0.39 is 11.4 Å². The first kappa shape index (κ1) is 20.2. The molecule has 0 saturated carbocycles. The molecular formula is C25H28N2O3. The molecule has 0 saturated heterocycles. The lowest BCUT2D eigenvalue weighted by atomic mass is 9.73. The van der Waals surface area contributed by atoms with Crippen molar-refractivity contribution in [3.05, 3.63) is 65.9 Å². The van der Waals surface area contributed by atoms with E-state index in [1.165, 1.54) is 0 Å². The summed E-state index contributed by atoms with van der Waals surface area (Å²) in [5.74, 6) is -0.720. The number of carboxylic acids is 1. The van der Waals surface area contributed by atoms with Crippen molar-refractivity contribution in [1.29, 1.82) is 0 Å². The standard InChI is InChI=1S/C25H28N2O3/c1-17(2)27(18-9-5-4-6-10-18)24(30)25(3)14-13-22-20(15-25)19-11-7-8-12-21(19)26(22)16-23(28)29/h4-12,17H,13-16H2,1-3H3,(H,28,29). The molecule has 156 valence electrons. The van der Waals surface area contributed by atoms with E-state index >= 15 is 0 Å². The summed E-state index contributed by atoms with van der Waals surface area (Å²) in [6, 6.07) is 17.8. The zero-order valence-electron chi connectivity index (χ0n) is 17.8. The predicted octanol–water partition coefficient (Wildman–Crippen LogP) is 4.66. The molecule has 1 aromatic heterocycles. The highest BCUT2D eigenvalue weighted by Gasteiger charge is 2.42. The molecule has 5 heteroatoms. The van der Waals surface area contributed by atoms with Crippen molar-refractivity contribution in [2.45, 2.75) is 52.6 Å². The monoisotopic (exact) mass is 404 g/mol. The molecule has 30 heavy (non-hydrogen) atoms. The van der Waals surface area contributed by atoms with E-state index in [0.29, 0.717) is 19.3 Å². The van der Waals surface area contributed by atoms with Crippen LogP contribution in [0.4, 0.5) is 5.69 Å². The maximum atomic E-state index is 13.8. The molecule has 1 N–H and O–H groups in total. The largest absolute Gasteiger partial charge is 0.480 e. The van der Waals surface area contributed by atoms with Gasteiger partial charge in [-0.25, -0.2) is 0 Å². The maximum Gasteiger partial charge on any atom is 0.323 e. The summed E-state index contributed by atoms with van der Waals surface area (Å²) in [5, 5.41) is 10.5. The van der Waals surface area contributed by atoms with Crippen molar-refractivity contribution in [2.75, 3.05) is 4.90 Å². The van der Waals surface area contributed by atoms with Crippen molar-refractivity contribution >= 4 is 28.5 Å². The van der Waals surface area contributed by atoms with Crippen LogP contribution >= 0.6 is 0 Å². The average molecular weight is 405 g/mol. The van der Waals surface area contributed by atoms with Crippen molar-refractivity contribution in [3.8, 4) is 0 Å². The second-order valence-electron chi connectivity index (χ2n) is 8.76. The number of aliphatic carboxylic acids is 1. The fourth-order valence-electron chi connectivity index (χ4n) is 4.81. The van der Waals surface area contributed by atoms with Crippen molar-refractivity contribution in [1.82, 2.24) is 4.57 Å². The topological polar surface area (TPSA) is 62.5 Å². The smallest absolute Gasteiger partial charge is 0.323 e. The van der Waals surface area contributed by atoms with Gasteiger partial charge in [-0.15, -0.1) is 0 Å². The maximum absolute atomic E-state index is 13.8. The van der Waals surface area contributed by atoms with Crippen molar-refractivity contribution < 1.29 is 14.7 Å². The van der Waals surface area contributed by atoms with Crippen molar-refractivity contribution in [3.63, 3.8) is 0 Å². The number of nitrogens with zero attached hydrogens (tertiary/aromatic N) is 2. The minimum absolute atomic E-state index is 0.0477.